The van der Waals surface area contributed by atoms with Crippen LogP contribution < -0.4 is 5.32 Å². The first-order chi connectivity index (χ1) is 7.66. The van der Waals surface area contributed by atoms with E-state index in [2.05, 4.69) is 12.2 Å². The molecule has 16 heavy (non-hydrogen) atoms. The second-order valence-electron chi connectivity index (χ2n) is 5.43. The van der Waals surface area contributed by atoms with Gasteiger partial charge >= 0.3 is 5.97 Å². The second kappa shape index (κ2) is 4.74. The lowest BCUT2D eigenvalue weighted by molar-refractivity contribution is -0.143. The van der Waals surface area contributed by atoms with Gasteiger partial charge in [-0.25, -0.2) is 0 Å². The van der Waals surface area contributed by atoms with Crippen LogP contribution in [-0.2, 0) is 9.53 Å². The Labute approximate surface area is 97.9 Å². The van der Waals surface area contributed by atoms with Crippen molar-refractivity contribution in [1.29, 1.82) is 0 Å². The van der Waals surface area contributed by atoms with Crippen LogP contribution in [-0.4, -0.2) is 25.2 Å². The lowest BCUT2D eigenvalue weighted by Crippen LogP contribution is -2.34. The molecular weight excluding hydrogens is 202 g/mol. The molecule has 0 aliphatic heterocycles. The lowest BCUT2D eigenvalue weighted by Gasteiger charge is -2.19. The molecule has 0 spiro atoms. The molecule has 3 nitrogen and oxygen atoms in total. The van der Waals surface area contributed by atoms with Gasteiger partial charge in [0, 0.05) is 12.6 Å². The minimum Gasteiger partial charge on any atom is -0.466 e. The summed E-state index contributed by atoms with van der Waals surface area (Å²) in [6.07, 6.45) is 6.12. The number of nitrogens with one attached hydrogen (secondary N) is 1. The number of ether oxygens (including phenoxy) is 1. The molecule has 92 valence electrons. The molecule has 0 saturated heterocycles. The summed E-state index contributed by atoms with van der Waals surface area (Å²) in [7, 11) is 0. The molecule has 2 rings (SSSR count). The zero-order chi connectivity index (χ0) is 11.6. The second-order valence-corrected chi connectivity index (χ2v) is 5.43. The van der Waals surface area contributed by atoms with Crippen molar-refractivity contribution < 1.29 is 9.53 Å². The van der Waals surface area contributed by atoms with E-state index in [0.29, 0.717) is 18.4 Å². The van der Waals surface area contributed by atoms with Gasteiger partial charge < -0.3 is 10.1 Å². The van der Waals surface area contributed by atoms with Crippen molar-refractivity contribution in [2.24, 2.45) is 11.3 Å². The predicted molar refractivity (Wildman–Crippen MR) is 63.1 cm³/mol. The van der Waals surface area contributed by atoms with Crippen LogP contribution in [0.15, 0.2) is 0 Å². The number of hydrogen-bond acceptors (Lipinski definition) is 3. The van der Waals surface area contributed by atoms with Gasteiger partial charge in [-0.1, -0.05) is 0 Å². The van der Waals surface area contributed by atoms with E-state index in [1.807, 2.05) is 6.92 Å². The van der Waals surface area contributed by atoms with Crippen LogP contribution >= 0.6 is 0 Å². The SMILES string of the molecule is CCOC(=O)CC(C)NCC1(C2CC2)CC1. The fourth-order valence-electron chi connectivity index (χ4n) is 2.51. The summed E-state index contributed by atoms with van der Waals surface area (Å²) in [5, 5.41) is 3.50. The van der Waals surface area contributed by atoms with Gasteiger partial charge in [-0.3, -0.25) is 4.79 Å². The van der Waals surface area contributed by atoms with Gasteiger partial charge in [-0.05, 0) is 50.9 Å². The average molecular weight is 225 g/mol. The largest absolute Gasteiger partial charge is 0.466 e. The monoisotopic (exact) mass is 225 g/mol. The molecule has 3 heteroatoms. The highest BCUT2D eigenvalue weighted by Crippen LogP contribution is 2.60. The normalized spacial score (nSPS) is 23.9. The molecule has 1 atom stereocenters. The molecule has 0 aromatic rings. The van der Waals surface area contributed by atoms with E-state index in [1.54, 1.807) is 0 Å². The van der Waals surface area contributed by atoms with Crippen molar-refractivity contribution in [3.8, 4) is 0 Å². The van der Waals surface area contributed by atoms with Crippen LogP contribution in [0.25, 0.3) is 0 Å². The van der Waals surface area contributed by atoms with Gasteiger partial charge in [0.05, 0.1) is 13.0 Å². The van der Waals surface area contributed by atoms with Crippen molar-refractivity contribution in [2.75, 3.05) is 13.2 Å². The number of carbonyl (C=O) groups excluding carboxylic acids is 1. The van der Waals surface area contributed by atoms with E-state index in [0.717, 1.165) is 12.5 Å². The Morgan fingerprint density at radius 3 is 2.69 bits per heavy atom. The van der Waals surface area contributed by atoms with E-state index >= 15 is 0 Å². The topological polar surface area (TPSA) is 38.3 Å². The Kier molecular flexibility index (Phi) is 3.53. The molecule has 2 aliphatic carbocycles. The van der Waals surface area contributed by atoms with E-state index in [9.17, 15) is 4.79 Å². The van der Waals surface area contributed by atoms with Crippen LogP contribution in [0.2, 0.25) is 0 Å². The molecule has 2 saturated carbocycles. The Balaban J connectivity index is 1.63. The molecule has 0 bridgehead atoms. The third-order valence-electron chi connectivity index (χ3n) is 3.92. The van der Waals surface area contributed by atoms with Gasteiger partial charge in [0.2, 0.25) is 0 Å². The molecule has 0 heterocycles. The quantitative estimate of drug-likeness (QED) is 0.674. The standard InChI is InChI=1S/C13H23NO2/c1-3-16-12(15)8-10(2)14-9-13(6-7-13)11-4-5-11/h10-11,14H,3-9H2,1-2H3. The first-order valence-electron chi connectivity index (χ1n) is 6.55. The molecule has 0 radical (unpaired) electrons. The molecule has 2 fully saturated rings. The fraction of sp³-hybridized carbons (Fsp3) is 0.923. The number of carbonyl (C=O) groups is 1. The summed E-state index contributed by atoms with van der Waals surface area (Å²) in [6.45, 7) is 5.50. The predicted octanol–water partition coefficient (Wildman–Crippen LogP) is 2.11. The van der Waals surface area contributed by atoms with Crippen molar-refractivity contribution in [3.05, 3.63) is 0 Å². The minimum absolute atomic E-state index is 0.0845. The maximum absolute atomic E-state index is 11.3. The molecule has 2 aliphatic rings. The van der Waals surface area contributed by atoms with E-state index in [-0.39, 0.29) is 12.0 Å². The Hall–Kier alpha value is -0.570. The Morgan fingerprint density at radius 1 is 1.50 bits per heavy atom. The van der Waals surface area contributed by atoms with E-state index < -0.39 is 0 Å². The minimum atomic E-state index is -0.0845. The highest BCUT2D eigenvalue weighted by Gasteiger charge is 2.53. The number of esters is 1. The van der Waals surface area contributed by atoms with Crippen LogP contribution in [0, 0.1) is 11.3 Å². The van der Waals surface area contributed by atoms with Gasteiger partial charge in [-0.2, -0.15) is 0 Å². The first-order valence-corrected chi connectivity index (χ1v) is 6.55. The summed E-state index contributed by atoms with van der Waals surface area (Å²) in [4.78, 5) is 11.3. The first kappa shape index (κ1) is 11.9. The zero-order valence-electron chi connectivity index (χ0n) is 10.4. The number of rotatable bonds is 7. The van der Waals surface area contributed by atoms with Crippen LogP contribution in [0.3, 0.4) is 0 Å². The smallest absolute Gasteiger partial charge is 0.307 e. The van der Waals surface area contributed by atoms with Gasteiger partial charge in [0.15, 0.2) is 0 Å². The average Bonchev–Trinajstić information content (AvgIpc) is 3.08. The van der Waals surface area contributed by atoms with Crippen molar-refractivity contribution in [1.82, 2.24) is 5.32 Å². The summed E-state index contributed by atoms with van der Waals surface area (Å²) >= 11 is 0. The maximum atomic E-state index is 11.3. The molecule has 0 aromatic carbocycles. The number of hydrogen-bond donors (Lipinski definition) is 1. The molecule has 0 amide bonds. The van der Waals surface area contributed by atoms with Crippen LogP contribution in [0.5, 0.6) is 0 Å². The Bertz CT molecular complexity index is 257. The third kappa shape index (κ3) is 2.97. The molecule has 1 N–H and O–H groups in total. The summed E-state index contributed by atoms with van der Waals surface area (Å²) in [5.41, 5.74) is 0.614. The van der Waals surface area contributed by atoms with Crippen molar-refractivity contribution in [3.63, 3.8) is 0 Å². The van der Waals surface area contributed by atoms with Crippen molar-refractivity contribution in [2.45, 2.75) is 52.0 Å². The van der Waals surface area contributed by atoms with Crippen LogP contribution in [0.4, 0.5) is 0 Å². The fourth-order valence-corrected chi connectivity index (χ4v) is 2.51. The van der Waals surface area contributed by atoms with E-state index in [1.165, 1.54) is 25.7 Å². The molecular formula is C13H23NO2. The lowest BCUT2D eigenvalue weighted by atomic mass is 10.0. The highest BCUT2D eigenvalue weighted by atomic mass is 16.5. The maximum Gasteiger partial charge on any atom is 0.307 e. The van der Waals surface area contributed by atoms with Gasteiger partial charge in [0.25, 0.3) is 0 Å². The van der Waals surface area contributed by atoms with Gasteiger partial charge in [-0.15, -0.1) is 0 Å². The van der Waals surface area contributed by atoms with E-state index in [4.69, 9.17) is 4.74 Å². The van der Waals surface area contributed by atoms with Crippen molar-refractivity contribution >= 4 is 5.97 Å². The van der Waals surface area contributed by atoms with Gasteiger partial charge in [0.1, 0.15) is 0 Å². The molecule has 0 aromatic heterocycles. The van der Waals surface area contributed by atoms with Crippen LogP contribution in [0.1, 0.15) is 46.0 Å². The zero-order valence-corrected chi connectivity index (χ0v) is 10.4. The Morgan fingerprint density at radius 2 is 2.19 bits per heavy atom. The molecule has 1 unspecified atom stereocenters. The summed E-state index contributed by atoms with van der Waals surface area (Å²) in [5.74, 6) is 0.897. The third-order valence-corrected chi connectivity index (χ3v) is 3.92. The summed E-state index contributed by atoms with van der Waals surface area (Å²) < 4.78 is 4.94. The highest BCUT2D eigenvalue weighted by molar-refractivity contribution is 5.69. The summed E-state index contributed by atoms with van der Waals surface area (Å²) in [6, 6.07) is 0.246.